The van der Waals surface area contributed by atoms with E-state index in [2.05, 4.69) is 34.2 Å². The molecule has 4 nitrogen and oxygen atoms in total. The lowest BCUT2D eigenvalue weighted by molar-refractivity contribution is 0.802. The molecule has 0 atom stereocenters. The number of hydrogen-bond acceptors (Lipinski definition) is 4. The van der Waals surface area contributed by atoms with Gasteiger partial charge in [-0.25, -0.2) is 0 Å². The van der Waals surface area contributed by atoms with Crippen LogP contribution in [0, 0.1) is 11.7 Å². The van der Waals surface area contributed by atoms with Crippen molar-refractivity contribution in [2.75, 3.05) is 0 Å². The Morgan fingerprint density at radius 1 is 1.37 bits per heavy atom. The van der Waals surface area contributed by atoms with Gasteiger partial charge in [0.15, 0.2) is 10.6 Å². The Bertz CT molecular complexity index is 739. The van der Waals surface area contributed by atoms with Gasteiger partial charge in [0.2, 0.25) is 0 Å². The molecule has 0 radical (unpaired) electrons. The maximum atomic E-state index is 5.31. The third kappa shape index (κ3) is 2.50. The predicted molar refractivity (Wildman–Crippen MR) is 78.8 cm³/mol. The van der Waals surface area contributed by atoms with Gasteiger partial charge in [-0.1, -0.05) is 0 Å². The molecule has 3 heterocycles. The second-order valence-corrected chi connectivity index (χ2v) is 5.95. The van der Waals surface area contributed by atoms with E-state index >= 15 is 0 Å². The van der Waals surface area contributed by atoms with Crippen molar-refractivity contribution in [2.45, 2.75) is 13.5 Å². The van der Waals surface area contributed by atoms with Crippen LogP contribution < -0.4 is 0 Å². The van der Waals surface area contributed by atoms with Crippen molar-refractivity contribution in [2.24, 2.45) is 0 Å². The number of pyridine rings is 1. The average Bonchev–Trinajstić information content (AvgIpc) is 2.99. The van der Waals surface area contributed by atoms with E-state index in [1.54, 1.807) is 23.7 Å². The van der Waals surface area contributed by atoms with Gasteiger partial charge in [-0.2, -0.15) is 5.10 Å². The number of aromatic amines is 1. The first-order valence-electron chi connectivity index (χ1n) is 5.85. The molecule has 6 heteroatoms. The lowest BCUT2D eigenvalue weighted by atomic mass is 10.2. The highest BCUT2D eigenvalue weighted by Gasteiger charge is 2.10. The molecule has 3 aromatic heterocycles. The van der Waals surface area contributed by atoms with Crippen molar-refractivity contribution in [3.63, 3.8) is 0 Å². The molecule has 0 unspecified atom stereocenters. The molecule has 0 amide bonds. The highest BCUT2D eigenvalue weighted by molar-refractivity contribution is 7.71. The number of nitrogens with zero attached hydrogens (tertiary/aromatic N) is 3. The van der Waals surface area contributed by atoms with Crippen LogP contribution in [0.25, 0.3) is 11.4 Å². The van der Waals surface area contributed by atoms with Gasteiger partial charge in [-0.15, -0.1) is 11.3 Å². The minimum Gasteiger partial charge on any atom is -0.295 e. The SMILES string of the molecule is Cc1ccc(Cn2c(-c3cccnc3)n[nH]c2=S)s1. The van der Waals surface area contributed by atoms with Crippen LogP contribution in [-0.4, -0.2) is 19.7 Å². The van der Waals surface area contributed by atoms with Crippen molar-refractivity contribution in [3.05, 3.63) is 51.2 Å². The standard InChI is InChI=1S/C13H12N4S2/c1-9-4-5-11(19-9)8-17-12(15-16-13(17)18)10-3-2-6-14-7-10/h2-7H,8H2,1H3,(H,16,18). The Labute approximate surface area is 119 Å². The molecular formula is C13H12N4S2. The zero-order valence-electron chi connectivity index (χ0n) is 10.3. The maximum Gasteiger partial charge on any atom is 0.195 e. The van der Waals surface area contributed by atoms with E-state index in [-0.39, 0.29) is 0 Å². The summed E-state index contributed by atoms with van der Waals surface area (Å²) in [5.74, 6) is 0.823. The first-order chi connectivity index (χ1) is 9.24. The number of thiophene rings is 1. The van der Waals surface area contributed by atoms with Gasteiger partial charge in [0.1, 0.15) is 0 Å². The van der Waals surface area contributed by atoms with Crippen LogP contribution >= 0.6 is 23.6 Å². The summed E-state index contributed by atoms with van der Waals surface area (Å²) in [6.45, 7) is 2.84. The van der Waals surface area contributed by atoms with E-state index in [1.807, 2.05) is 16.7 Å². The second-order valence-electron chi connectivity index (χ2n) is 4.19. The lowest BCUT2D eigenvalue weighted by Crippen LogP contribution is -2.01. The molecule has 0 aliphatic rings. The molecule has 0 spiro atoms. The van der Waals surface area contributed by atoms with Crippen molar-refractivity contribution in [1.29, 1.82) is 0 Å². The highest BCUT2D eigenvalue weighted by atomic mass is 32.1. The molecule has 0 fully saturated rings. The van der Waals surface area contributed by atoms with E-state index in [9.17, 15) is 0 Å². The summed E-state index contributed by atoms with van der Waals surface area (Å²) in [7, 11) is 0. The van der Waals surface area contributed by atoms with Gasteiger partial charge in [0.25, 0.3) is 0 Å². The molecule has 0 saturated carbocycles. The molecule has 0 aromatic carbocycles. The van der Waals surface area contributed by atoms with Crippen LogP contribution in [0.1, 0.15) is 9.75 Å². The fourth-order valence-corrected chi connectivity index (χ4v) is 2.98. The molecule has 3 aromatic rings. The van der Waals surface area contributed by atoms with Crippen molar-refractivity contribution < 1.29 is 0 Å². The van der Waals surface area contributed by atoms with Gasteiger partial charge < -0.3 is 0 Å². The molecule has 3 rings (SSSR count). The van der Waals surface area contributed by atoms with Crippen molar-refractivity contribution >= 4 is 23.6 Å². The molecule has 19 heavy (non-hydrogen) atoms. The normalized spacial score (nSPS) is 10.8. The Morgan fingerprint density at radius 2 is 2.26 bits per heavy atom. The Kier molecular flexibility index (Phi) is 3.27. The fourth-order valence-electron chi connectivity index (χ4n) is 1.91. The summed E-state index contributed by atoms with van der Waals surface area (Å²) >= 11 is 7.08. The maximum absolute atomic E-state index is 5.31. The van der Waals surface area contributed by atoms with Gasteiger partial charge >= 0.3 is 0 Å². The van der Waals surface area contributed by atoms with E-state index in [0.29, 0.717) is 4.77 Å². The number of aromatic nitrogens is 4. The van der Waals surface area contributed by atoms with Crippen LogP contribution in [0.3, 0.4) is 0 Å². The third-order valence-corrected chi connectivity index (χ3v) is 4.09. The molecule has 0 aliphatic heterocycles. The summed E-state index contributed by atoms with van der Waals surface area (Å²) in [6, 6.07) is 8.12. The smallest absolute Gasteiger partial charge is 0.195 e. The van der Waals surface area contributed by atoms with E-state index in [1.165, 1.54) is 9.75 Å². The van der Waals surface area contributed by atoms with Crippen LogP contribution in [0.2, 0.25) is 0 Å². The predicted octanol–water partition coefficient (Wildman–Crippen LogP) is 3.42. The van der Waals surface area contributed by atoms with Gasteiger partial charge in [-0.05, 0) is 43.4 Å². The van der Waals surface area contributed by atoms with Crippen molar-refractivity contribution in [1.82, 2.24) is 19.7 Å². The molecule has 1 N–H and O–H groups in total. The Morgan fingerprint density at radius 3 is 2.95 bits per heavy atom. The minimum atomic E-state index is 0.630. The fraction of sp³-hybridized carbons (Fsp3) is 0.154. The second kappa shape index (κ2) is 5.07. The van der Waals surface area contributed by atoms with Crippen LogP contribution in [-0.2, 0) is 6.54 Å². The minimum absolute atomic E-state index is 0.630. The van der Waals surface area contributed by atoms with E-state index < -0.39 is 0 Å². The molecule has 0 bridgehead atoms. The molecule has 96 valence electrons. The topological polar surface area (TPSA) is 46.5 Å². The number of rotatable bonds is 3. The summed E-state index contributed by atoms with van der Waals surface area (Å²) < 4.78 is 2.63. The third-order valence-electron chi connectivity index (χ3n) is 2.79. The summed E-state index contributed by atoms with van der Waals surface area (Å²) in [5, 5.41) is 7.15. The van der Waals surface area contributed by atoms with Crippen LogP contribution in [0.15, 0.2) is 36.7 Å². The van der Waals surface area contributed by atoms with Gasteiger partial charge in [0.05, 0.1) is 6.54 Å². The first kappa shape index (κ1) is 12.3. The van der Waals surface area contributed by atoms with Crippen LogP contribution in [0.4, 0.5) is 0 Å². The first-order valence-corrected chi connectivity index (χ1v) is 7.07. The number of hydrogen-bond donors (Lipinski definition) is 1. The zero-order chi connectivity index (χ0) is 13.2. The zero-order valence-corrected chi connectivity index (χ0v) is 12.0. The van der Waals surface area contributed by atoms with Crippen LogP contribution in [0.5, 0.6) is 0 Å². The highest BCUT2D eigenvalue weighted by Crippen LogP contribution is 2.21. The Balaban J connectivity index is 2.02. The van der Waals surface area contributed by atoms with E-state index in [4.69, 9.17) is 12.2 Å². The summed E-state index contributed by atoms with van der Waals surface area (Å²) in [4.78, 5) is 6.69. The molecule has 0 saturated heterocycles. The van der Waals surface area contributed by atoms with E-state index in [0.717, 1.165) is 17.9 Å². The Hall–Kier alpha value is -1.79. The summed E-state index contributed by atoms with van der Waals surface area (Å²) in [5.41, 5.74) is 0.961. The van der Waals surface area contributed by atoms with Crippen molar-refractivity contribution in [3.8, 4) is 11.4 Å². The molecular weight excluding hydrogens is 276 g/mol. The number of nitrogens with one attached hydrogen (secondary N) is 1. The average molecular weight is 288 g/mol. The number of H-pyrrole nitrogens is 1. The van der Waals surface area contributed by atoms with Gasteiger partial charge in [-0.3, -0.25) is 14.6 Å². The largest absolute Gasteiger partial charge is 0.295 e. The van der Waals surface area contributed by atoms with Gasteiger partial charge in [0, 0.05) is 27.7 Å². The molecule has 0 aliphatic carbocycles. The quantitative estimate of drug-likeness (QED) is 0.751. The summed E-state index contributed by atoms with van der Waals surface area (Å²) in [6.07, 6.45) is 3.54. The monoisotopic (exact) mass is 288 g/mol. The number of aryl methyl sites for hydroxylation is 1. The lowest BCUT2D eigenvalue weighted by Gasteiger charge is -2.04.